The summed E-state index contributed by atoms with van der Waals surface area (Å²) >= 11 is 19.9. The molecular weight excluding hydrogens is 439 g/mol. The summed E-state index contributed by atoms with van der Waals surface area (Å²) in [7, 11) is 0. The maximum atomic E-state index is 13.3. The molecule has 0 fully saturated rings. The van der Waals surface area contributed by atoms with Crippen LogP contribution in [0.5, 0.6) is 0 Å². The van der Waals surface area contributed by atoms with Crippen LogP contribution in [-0.4, -0.2) is 27.2 Å². The molecule has 1 amide bonds. The quantitative estimate of drug-likeness (QED) is 0.385. The second kappa shape index (κ2) is 8.09. The number of benzene rings is 2. The van der Waals surface area contributed by atoms with Gasteiger partial charge in [0.05, 0.1) is 26.9 Å². The van der Waals surface area contributed by atoms with E-state index in [9.17, 15) is 4.79 Å². The number of hydrogen-bond donors (Lipinski definition) is 0. The van der Waals surface area contributed by atoms with Crippen LogP contribution in [0.1, 0.15) is 10.4 Å². The number of carbonyl (C=O) groups excluding carboxylic acids is 1. The van der Waals surface area contributed by atoms with Gasteiger partial charge in [-0.25, -0.2) is 4.98 Å². The summed E-state index contributed by atoms with van der Waals surface area (Å²) in [4.78, 5) is 19.5. The summed E-state index contributed by atoms with van der Waals surface area (Å²) in [6.45, 7) is 0.879. The Bertz CT molecular complexity index is 1140. The number of amides is 1. The average molecular weight is 452 g/mol. The van der Waals surface area contributed by atoms with Crippen molar-refractivity contribution in [2.45, 2.75) is 6.54 Å². The highest BCUT2D eigenvalue weighted by atomic mass is 35.5. The van der Waals surface area contributed by atoms with Gasteiger partial charge in [-0.15, -0.1) is 0 Å². The fourth-order valence-electron chi connectivity index (χ4n) is 2.75. The molecule has 5 nitrogen and oxygen atoms in total. The molecular formula is C19H13Cl3N4OS. The number of halogens is 3. The normalized spacial score (nSPS) is 11.1. The van der Waals surface area contributed by atoms with Crippen molar-refractivity contribution in [2.24, 2.45) is 0 Å². The maximum Gasteiger partial charge on any atom is 0.261 e. The van der Waals surface area contributed by atoms with Crippen LogP contribution in [0.2, 0.25) is 15.1 Å². The lowest BCUT2D eigenvalue weighted by Crippen LogP contribution is -2.34. The Hall–Kier alpha value is -2.12. The van der Waals surface area contributed by atoms with Crippen LogP contribution >= 0.6 is 46.1 Å². The minimum Gasteiger partial charge on any atom is -0.282 e. The molecule has 0 unspecified atom stereocenters. The molecule has 4 aromatic rings. The Morgan fingerprint density at radius 2 is 1.96 bits per heavy atom. The van der Waals surface area contributed by atoms with E-state index in [2.05, 4.69) is 10.1 Å². The van der Waals surface area contributed by atoms with Crippen molar-refractivity contribution in [1.82, 2.24) is 14.8 Å². The number of thiazole rings is 1. The lowest BCUT2D eigenvalue weighted by molar-refractivity contribution is 0.0986. The summed E-state index contributed by atoms with van der Waals surface area (Å²) in [6, 6.07) is 12.2. The van der Waals surface area contributed by atoms with Gasteiger partial charge in [-0.3, -0.25) is 14.4 Å². The molecule has 0 spiro atoms. The van der Waals surface area contributed by atoms with Crippen LogP contribution in [0, 0.1) is 0 Å². The molecule has 0 aliphatic carbocycles. The molecule has 2 aromatic carbocycles. The molecule has 142 valence electrons. The Labute approximate surface area is 180 Å². The van der Waals surface area contributed by atoms with Gasteiger partial charge in [0.15, 0.2) is 5.13 Å². The van der Waals surface area contributed by atoms with Gasteiger partial charge in [-0.2, -0.15) is 5.10 Å². The van der Waals surface area contributed by atoms with Crippen molar-refractivity contribution in [3.05, 3.63) is 75.5 Å². The SMILES string of the molecule is O=C(c1ccc(Cl)cc1Cl)N(CCn1cccn1)c1nc2c(Cl)cccc2s1. The predicted octanol–water partition coefficient (Wildman–Crippen LogP) is 5.80. The van der Waals surface area contributed by atoms with Crippen molar-refractivity contribution < 1.29 is 4.79 Å². The molecule has 2 heterocycles. The van der Waals surface area contributed by atoms with E-state index in [-0.39, 0.29) is 5.91 Å². The third-order valence-electron chi connectivity index (χ3n) is 4.11. The monoisotopic (exact) mass is 450 g/mol. The first-order valence-electron chi connectivity index (χ1n) is 8.32. The maximum absolute atomic E-state index is 13.3. The number of aromatic nitrogens is 3. The highest BCUT2D eigenvalue weighted by Crippen LogP contribution is 2.34. The number of hydrogen-bond acceptors (Lipinski definition) is 4. The lowest BCUT2D eigenvalue weighted by Gasteiger charge is -2.20. The Kier molecular flexibility index (Phi) is 5.55. The predicted molar refractivity (Wildman–Crippen MR) is 115 cm³/mol. The topological polar surface area (TPSA) is 51.0 Å². The highest BCUT2D eigenvalue weighted by molar-refractivity contribution is 7.22. The molecule has 0 radical (unpaired) electrons. The van der Waals surface area contributed by atoms with Gasteiger partial charge in [0.25, 0.3) is 5.91 Å². The average Bonchev–Trinajstić information content (AvgIpc) is 3.32. The van der Waals surface area contributed by atoms with Crippen molar-refractivity contribution in [3.8, 4) is 0 Å². The molecule has 0 N–H and O–H groups in total. The summed E-state index contributed by atoms with van der Waals surface area (Å²) in [6.07, 6.45) is 3.53. The molecule has 0 saturated heterocycles. The Balaban J connectivity index is 1.73. The molecule has 0 aliphatic rings. The summed E-state index contributed by atoms with van der Waals surface area (Å²) in [5, 5.41) is 6.05. The van der Waals surface area contributed by atoms with Crippen molar-refractivity contribution >= 4 is 67.4 Å². The fraction of sp³-hybridized carbons (Fsp3) is 0.105. The van der Waals surface area contributed by atoms with E-state index in [1.54, 1.807) is 40.0 Å². The minimum absolute atomic E-state index is 0.260. The standard InChI is InChI=1S/C19H13Cl3N4OS/c20-12-5-6-13(15(22)11-12)18(27)26(10-9-25-8-2-7-23-25)19-24-17-14(21)3-1-4-16(17)28-19/h1-8,11H,9-10H2. The number of nitrogens with zero attached hydrogens (tertiary/aromatic N) is 4. The molecule has 4 rings (SSSR count). The summed E-state index contributed by atoms with van der Waals surface area (Å²) in [5.74, 6) is -0.260. The van der Waals surface area contributed by atoms with Gasteiger partial charge in [-0.05, 0) is 36.4 Å². The molecule has 0 atom stereocenters. The van der Waals surface area contributed by atoms with E-state index in [1.165, 1.54) is 11.3 Å². The number of para-hydroxylation sites is 1. The van der Waals surface area contributed by atoms with E-state index in [4.69, 9.17) is 34.8 Å². The number of carbonyl (C=O) groups is 1. The first-order valence-corrected chi connectivity index (χ1v) is 10.3. The first-order chi connectivity index (χ1) is 13.5. The van der Waals surface area contributed by atoms with E-state index in [0.717, 1.165) is 4.70 Å². The third-order valence-corrected chi connectivity index (χ3v) is 6.00. The van der Waals surface area contributed by atoms with Crippen LogP contribution in [0.3, 0.4) is 0 Å². The zero-order chi connectivity index (χ0) is 19.7. The van der Waals surface area contributed by atoms with Crippen molar-refractivity contribution in [1.29, 1.82) is 0 Å². The van der Waals surface area contributed by atoms with Crippen LogP contribution in [0.4, 0.5) is 5.13 Å². The van der Waals surface area contributed by atoms with Crippen LogP contribution in [0.15, 0.2) is 54.9 Å². The van der Waals surface area contributed by atoms with Crippen LogP contribution in [-0.2, 0) is 6.54 Å². The second-order valence-electron chi connectivity index (χ2n) is 5.93. The number of fused-ring (bicyclic) bond motifs is 1. The smallest absolute Gasteiger partial charge is 0.261 e. The first kappa shape index (κ1) is 19.2. The van der Waals surface area contributed by atoms with E-state index in [1.807, 2.05) is 24.4 Å². The lowest BCUT2D eigenvalue weighted by atomic mass is 10.2. The Morgan fingerprint density at radius 1 is 1.11 bits per heavy atom. The van der Waals surface area contributed by atoms with E-state index < -0.39 is 0 Å². The number of rotatable bonds is 5. The van der Waals surface area contributed by atoms with Crippen molar-refractivity contribution in [3.63, 3.8) is 0 Å². The van der Waals surface area contributed by atoms with E-state index in [0.29, 0.717) is 44.4 Å². The van der Waals surface area contributed by atoms with Crippen LogP contribution in [0.25, 0.3) is 10.2 Å². The zero-order valence-electron chi connectivity index (χ0n) is 14.3. The van der Waals surface area contributed by atoms with Gasteiger partial charge >= 0.3 is 0 Å². The van der Waals surface area contributed by atoms with Gasteiger partial charge in [-0.1, -0.05) is 52.2 Å². The van der Waals surface area contributed by atoms with E-state index >= 15 is 0 Å². The Morgan fingerprint density at radius 3 is 2.68 bits per heavy atom. The second-order valence-corrected chi connectivity index (χ2v) is 8.19. The minimum atomic E-state index is -0.260. The molecule has 0 bridgehead atoms. The van der Waals surface area contributed by atoms with Gasteiger partial charge in [0, 0.05) is 24.0 Å². The third kappa shape index (κ3) is 3.86. The molecule has 9 heteroatoms. The molecule has 2 aromatic heterocycles. The number of anilines is 1. The van der Waals surface area contributed by atoms with Crippen molar-refractivity contribution in [2.75, 3.05) is 11.4 Å². The molecule has 0 aliphatic heterocycles. The molecule has 28 heavy (non-hydrogen) atoms. The van der Waals surface area contributed by atoms with Crippen LogP contribution < -0.4 is 4.90 Å². The van der Waals surface area contributed by atoms with Gasteiger partial charge < -0.3 is 0 Å². The summed E-state index contributed by atoms with van der Waals surface area (Å²) < 4.78 is 2.66. The van der Waals surface area contributed by atoms with Gasteiger partial charge in [0.2, 0.25) is 0 Å². The fourth-order valence-corrected chi connectivity index (χ4v) is 4.53. The van der Waals surface area contributed by atoms with Gasteiger partial charge in [0.1, 0.15) is 5.52 Å². The molecule has 0 saturated carbocycles. The largest absolute Gasteiger partial charge is 0.282 e. The zero-order valence-corrected chi connectivity index (χ0v) is 17.4. The summed E-state index contributed by atoms with van der Waals surface area (Å²) in [5.41, 5.74) is 1.03. The highest BCUT2D eigenvalue weighted by Gasteiger charge is 2.24.